The molecule has 0 spiro atoms. The lowest BCUT2D eigenvalue weighted by Gasteiger charge is -1.97. The van der Waals surface area contributed by atoms with E-state index in [0.29, 0.717) is 5.75 Å². The number of carbonyl (C=O) groups is 1. The molecule has 0 bridgehead atoms. The number of hydrogen-bond donors (Lipinski definition) is 0. The zero-order valence-corrected chi connectivity index (χ0v) is 9.28. The molecule has 0 N–H and O–H groups in total. The van der Waals surface area contributed by atoms with Crippen molar-refractivity contribution in [3.8, 4) is 0 Å². The van der Waals surface area contributed by atoms with E-state index in [9.17, 15) is 18.0 Å². The molecule has 0 saturated carbocycles. The van der Waals surface area contributed by atoms with Crippen LogP contribution in [0.1, 0.15) is 12.5 Å². The Morgan fingerprint density at radius 2 is 1.88 bits per heavy atom. The van der Waals surface area contributed by atoms with E-state index in [1.54, 1.807) is 6.08 Å². The van der Waals surface area contributed by atoms with Crippen LogP contribution in [0.4, 0.5) is 13.2 Å². The summed E-state index contributed by atoms with van der Waals surface area (Å²) in [6.07, 6.45) is 3.01. The third-order valence-corrected chi connectivity index (χ3v) is 2.46. The van der Waals surface area contributed by atoms with E-state index in [0.717, 1.165) is 23.9 Å². The third kappa shape index (κ3) is 3.73. The van der Waals surface area contributed by atoms with Crippen LogP contribution in [0.3, 0.4) is 0 Å². The van der Waals surface area contributed by atoms with Gasteiger partial charge in [0.25, 0.3) is 0 Å². The average Bonchev–Trinajstić information content (AvgIpc) is 2.20. The second-order valence-corrected chi connectivity index (χ2v) is 4.20. The largest absolute Gasteiger partial charge is 0.288 e. The highest BCUT2D eigenvalue weighted by molar-refractivity contribution is 8.13. The summed E-state index contributed by atoms with van der Waals surface area (Å²) >= 11 is 1.07. The molecule has 0 fully saturated rings. The second kappa shape index (κ2) is 5.75. The highest BCUT2D eigenvalue weighted by atomic mass is 32.2. The SMILES string of the molecule is CC(=O)SCC=Cc1cc(F)c(F)c(F)c1. The Bertz CT molecular complexity index is 406. The summed E-state index contributed by atoms with van der Waals surface area (Å²) in [5.41, 5.74) is 0.223. The van der Waals surface area contributed by atoms with E-state index >= 15 is 0 Å². The van der Waals surface area contributed by atoms with Gasteiger partial charge >= 0.3 is 0 Å². The molecule has 16 heavy (non-hydrogen) atoms. The molecule has 0 saturated heterocycles. The fraction of sp³-hybridized carbons (Fsp3) is 0.182. The van der Waals surface area contributed by atoms with Crippen molar-refractivity contribution in [1.29, 1.82) is 0 Å². The van der Waals surface area contributed by atoms with E-state index in [4.69, 9.17) is 0 Å². The zero-order chi connectivity index (χ0) is 12.1. The minimum atomic E-state index is -1.48. The first kappa shape index (κ1) is 12.8. The lowest BCUT2D eigenvalue weighted by molar-refractivity contribution is -0.109. The summed E-state index contributed by atoms with van der Waals surface area (Å²) < 4.78 is 38.1. The van der Waals surface area contributed by atoms with Gasteiger partial charge in [-0.25, -0.2) is 13.2 Å². The van der Waals surface area contributed by atoms with Crippen LogP contribution in [-0.2, 0) is 4.79 Å². The summed E-state index contributed by atoms with van der Waals surface area (Å²) in [7, 11) is 0. The average molecular weight is 246 g/mol. The lowest BCUT2D eigenvalue weighted by Crippen LogP contribution is -1.91. The van der Waals surface area contributed by atoms with Crippen LogP contribution >= 0.6 is 11.8 Å². The van der Waals surface area contributed by atoms with Gasteiger partial charge in [-0.2, -0.15) is 0 Å². The number of rotatable bonds is 3. The first-order chi connectivity index (χ1) is 7.50. The van der Waals surface area contributed by atoms with Gasteiger partial charge in [-0.05, 0) is 17.7 Å². The van der Waals surface area contributed by atoms with E-state index in [1.807, 2.05) is 0 Å². The predicted molar refractivity (Wildman–Crippen MR) is 58.5 cm³/mol. The Morgan fingerprint density at radius 3 is 2.38 bits per heavy atom. The minimum absolute atomic E-state index is 0.0406. The number of thioether (sulfide) groups is 1. The van der Waals surface area contributed by atoms with Crippen LogP contribution in [0.2, 0.25) is 0 Å². The van der Waals surface area contributed by atoms with Gasteiger partial charge in [-0.3, -0.25) is 4.79 Å². The molecule has 1 aromatic carbocycles. The number of carbonyl (C=O) groups excluding carboxylic acids is 1. The van der Waals surface area contributed by atoms with Gasteiger partial charge in [-0.15, -0.1) is 0 Å². The molecule has 0 amide bonds. The molecule has 0 aliphatic heterocycles. The third-order valence-electron chi connectivity index (χ3n) is 1.70. The van der Waals surface area contributed by atoms with Crippen molar-refractivity contribution in [3.63, 3.8) is 0 Å². The highest BCUT2D eigenvalue weighted by Crippen LogP contribution is 2.15. The Labute approximate surface area is 95.3 Å². The monoisotopic (exact) mass is 246 g/mol. The zero-order valence-electron chi connectivity index (χ0n) is 8.47. The molecule has 5 heteroatoms. The Morgan fingerprint density at radius 1 is 1.31 bits per heavy atom. The van der Waals surface area contributed by atoms with E-state index in [1.165, 1.54) is 13.0 Å². The van der Waals surface area contributed by atoms with Crippen molar-refractivity contribution < 1.29 is 18.0 Å². The second-order valence-electron chi connectivity index (χ2n) is 3.00. The summed E-state index contributed by atoms with van der Waals surface area (Å²) in [5.74, 6) is -3.51. The quantitative estimate of drug-likeness (QED) is 0.760. The first-order valence-corrected chi connectivity index (χ1v) is 5.43. The summed E-state index contributed by atoms with van der Waals surface area (Å²) in [6.45, 7) is 1.43. The Balaban J connectivity index is 2.71. The molecule has 1 nitrogen and oxygen atoms in total. The van der Waals surface area contributed by atoms with Crippen molar-refractivity contribution in [2.75, 3.05) is 5.75 Å². The van der Waals surface area contributed by atoms with Crippen molar-refractivity contribution in [2.45, 2.75) is 6.92 Å². The minimum Gasteiger partial charge on any atom is -0.288 e. The maximum Gasteiger partial charge on any atom is 0.194 e. The van der Waals surface area contributed by atoms with Crippen LogP contribution in [0, 0.1) is 17.5 Å². The van der Waals surface area contributed by atoms with Gasteiger partial charge in [0.15, 0.2) is 22.6 Å². The van der Waals surface area contributed by atoms with E-state index in [2.05, 4.69) is 0 Å². The summed E-state index contributed by atoms with van der Waals surface area (Å²) in [6, 6.07) is 1.79. The molecule has 1 rings (SSSR count). The van der Waals surface area contributed by atoms with Gasteiger partial charge in [-0.1, -0.05) is 23.9 Å². The maximum atomic E-state index is 12.8. The van der Waals surface area contributed by atoms with Crippen LogP contribution < -0.4 is 0 Å². The normalized spacial score (nSPS) is 11.0. The topological polar surface area (TPSA) is 17.1 Å². The van der Waals surface area contributed by atoms with Gasteiger partial charge in [0.1, 0.15) is 0 Å². The number of hydrogen-bond acceptors (Lipinski definition) is 2. The van der Waals surface area contributed by atoms with Crippen molar-refractivity contribution >= 4 is 23.0 Å². The Hall–Kier alpha value is -1.23. The van der Waals surface area contributed by atoms with Crippen molar-refractivity contribution in [1.82, 2.24) is 0 Å². The first-order valence-electron chi connectivity index (χ1n) is 4.45. The molecule has 0 radical (unpaired) electrons. The standard InChI is InChI=1S/C11H9F3OS/c1-7(15)16-4-2-3-8-5-9(12)11(14)10(13)6-8/h2-3,5-6H,4H2,1H3. The molecule has 0 unspecified atom stereocenters. The molecule has 0 atom stereocenters. The lowest BCUT2D eigenvalue weighted by atomic mass is 10.2. The summed E-state index contributed by atoms with van der Waals surface area (Å²) in [5, 5.41) is -0.0406. The molecule has 0 aliphatic carbocycles. The molecule has 0 aromatic heterocycles. The van der Waals surface area contributed by atoms with Crippen LogP contribution in [0.25, 0.3) is 6.08 Å². The Kier molecular flexibility index (Phi) is 4.61. The van der Waals surface area contributed by atoms with Crippen LogP contribution in [-0.4, -0.2) is 10.9 Å². The highest BCUT2D eigenvalue weighted by Gasteiger charge is 2.08. The molecule has 86 valence electrons. The molecule has 0 heterocycles. The maximum absolute atomic E-state index is 12.8. The predicted octanol–water partition coefficient (Wildman–Crippen LogP) is 3.40. The van der Waals surface area contributed by atoms with Crippen molar-refractivity contribution in [3.05, 3.63) is 41.2 Å². The molecule has 0 aliphatic rings. The van der Waals surface area contributed by atoms with E-state index < -0.39 is 17.5 Å². The molecular formula is C11H9F3OS. The van der Waals surface area contributed by atoms with Gasteiger partial charge in [0.05, 0.1) is 0 Å². The van der Waals surface area contributed by atoms with Crippen LogP contribution in [0.15, 0.2) is 18.2 Å². The fourth-order valence-corrected chi connectivity index (χ4v) is 1.45. The van der Waals surface area contributed by atoms with Crippen LogP contribution in [0.5, 0.6) is 0 Å². The fourth-order valence-electron chi connectivity index (χ4n) is 1.02. The summed E-state index contributed by atoms with van der Waals surface area (Å²) in [4.78, 5) is 10.6. The smallest absolute Gasteiger partial charge is 0.194 e. The van der Waals surface area contributed by atoms with Gasteiger partial charge < -0.3 is 0 Å². The van der Waals surface area contributed by atoms with Crippen molar-refractivity contribution in [2.24, 2.45) is 0 Å². The van der Waals surface area contributed by atoms with E-state index in [-0.39, 0.29) is 10.7 Å². The number of benzene rings is 1. The number of halogens is 3. The molecule has 1 aromatic rings. The molecular weight excluding hydrogens is 237 g/mol. The van der Waals surface area contributed by atoms with Gasteiger partial charge in [0.2, 0.25) is 0 Å². The van der Waals surface area contributed by atoms with Gasteiger partial charge in [0, 0.05) is 12.7 Å².